The quantitative estimate of drug-likeness (QED) is 0.290. The Morgan fingerprint density at radius 1 is 1.02 bits per heavy atom. The lowest BCUT2D eigenvalue weighted by molar-refractivity contribution is 0.252. The van der Waals surface area contributed by atoms with Gasteiger partial charge in [-0.2, -0.15) is 0 Å². The topological polar surface area (TPSA) is 77.9 Å². The summed E-state index contributed by atoms with van der Waals surface area (Å²) in [5, 5.41) is 0.461. The second-order valence-electron chi connectivity index (χ2n) is 10.5. The fraction of sp³-hybridized carbons (Fsp3) is 0.290. The van der Waals surface area contributed by atoms with E-state index in [1.807, 2.05) is 25.1 Å². The number of halogens is 2. The maximum absolute atomic E-state index is 15.3. The minimum atomic E-state index is -0.358. The second kappa shape index (κ2) is 11.5. The number of likely N-dealkylation sites (N-methyl/N-ethyl adjacent to an activating group) is 1. The number of aryl methyl sites for hydroxylation is 1. The van der Waals surface area contributed by atoms with E-state index in [1.165, 1.54) is 4.90 Å². The average molecular weight is 588 g/mol. The van der Waals surface area contributed by atoms with Gasteiger partial charge in [-0.25, -0.2) is 29.0 Å². The number of fused-ring (bicyclic) bond motifs is 1. The molecule has 11 heteroatoms. The van der Waals surface area contributed by atoms with Crippen molar-refractivity contribution < 1.29 is 13.9 Å². The van der Waals surface area contributed by atoms with Crippen molar-refractivity contribution in [2.75, 3.05) is 55.0 Å². The zero-order valence-electron chi connectivity index (χ0n) is 23.7. The van der Waals surface area contributed by atoms with Crippen LogP contribution in [0.25, 0.3) is 0 Å². The van der Waals surface area contributed by atoms with Gasteiger partial charge in [-0.1, -0.05) is 29.8 Å². The van der Waals surface area contributed by atoms with Gasteiger partial charge >= 0.3 is 6.03 Å². The summed E-state index contributed by atoms with van der Waals surface area (Å²) in [6.45, 7) is 5.73. The van der Waals surface area contributed by atoms with Gasteiger partial charge in [-0.15, -0.1) is 0 Å². The third kappa shape index (κ3) is 5.35. The zero-order valence-corrected chi connectivity index (χ0v) is 24.5. The number of benzene rings is 2. The Bertz CT molecular complexity index is 1610. The first kappa shape index (κ1) is 27.9. The summed E-state index contributed by atoms with van der Waals surface area (Å²) >= 11 is 6.57. The molecule has 0 atom stereocenters. The van der Waals surface area contributed by atoms with Crippen molar-refractivity contribution in [1.29, 1.82) is 0 Å². The minimum Gasteiger partial charge on any atom is -0.495 e. The smallest absolute Gasteiger partial charge is 0.336 e. The number of nitrogens with zero attached hydrogens (tertiary/aromatic N) is 7. The Morgan fingerprint density at radius 3 is 2.52 bits per heavy atom. The van der Waals surface area contributed by atoms with E-state index >= 15 is 4.39 Å². The summed E-state index contributed by atoms with van der Waals surface area (Å²) in [5.74, 6) is 1.41. The molecule has 0 unspecified atom stereocenters. The first-order valence-corrected chi connectivity index (χ1v) is 14.1. The molecule has 2 aliphatic rings. The van der Waals surface area contributed by atoms with E-state index in [0.29, 0.717) is 45.0 Å². The highest BCUT2D eigenvalue weighted by Gasteiger charge is 2.36. The molecule has 1 saturated heterocycles. The lowest BCUT2D eigenvalue weighted by atomic mass is 10.1. The van der Waals surface area contributed by atoms with Crippen LogP contribution < -0.4 is 19.4 Å². The number of piperazine rings is 1. The van der Waals surface area contributed by atoms with Crippen LogP contribution >= 0.6 is 11.6 Å². The number of aromatic nitrogens is 3. The first-order chi connectivity index (χ1) is 20.3. The third-order valence-electron chi connectivity index (χ3n) is 7.75. The molecule has 0 aliphatic carbocycles. The molecule has 0 spiro atoms. The maximum atomic E-state index is 15.3. The molecular weight excluding hydrogens is 557 g/mol. The molecule has 2 aromatic carbocycles. The van der Waals surface area contributed by atoms with Crippen LogP contribution in [0.3, 0.4) is 0 Å². The van der Waals surface area contributed by atoms with Crippen molar-refractivity contribution in [3.05, 3.63) is 94.3 Å². The highest BCUT2D eigenvalue weighted by atomic mass is 35.5. The van der Waals surface area contributed by atoms with Gasteiger partial charge < -0.3 is 14.5 Å². The van der Waals surface area contributed by atoms with Gasteiger partial charge in [0.1, 0.15) is 23.2 Å². The lowest BCUT2D eigenvalue weighted by Crippen LogP contribution is -2.46. The number of ether oxygens (including phenoxy) is 1. The van der Waals surface area contributed by atoms with E-state index in [1.54, 1.807) is 54.7 Å². The van der Waals surface area contributed by atoms with Gasteiger partial charge in [0.2, 0.25) is 0 Å². The van der Waals surface area contributed by atoms with Crippen molar-refractivity contribution in [2.45, 2.75) is 19.9 Å². The number of carbonyl (C=O) groups excluding carboxylic acids is 1. The van der Waals surface area contributed by atoms with Crippen LogP contribution in [0.2, 0.25) is 5.02 Å². The molecule has 0 radical (unpaired) electrons. The Labute approximate surface area is 249 Å². The summed E-state index contributed by atoms with van der Waals surface area (Å²) in [7, 11) is 3.64. The number of amides is 2. The standard InChI is InChI=1S/C31H31ClFN7O2/c1-20-5-4-6-25(32)29(20)39-19-22-17-34-27(36-30(22)40(31(39)41)28-10-9-24(42-3)18-35-28)15-21-7-8-23(16-26(21)33)38-13-11-37(2)12-14-38/h4-10,16-18H,11-15,19H2,1-3H3. The van der Waals surface area contributed by atoms with E-state index in [4.69, 9.17) is 21.3 Å². The molecule has 1 fully saturated rings. The first-order valence-electron chi connectivity index (χ1n) is 13.8. The van der Waals surface area contributed by atoms with Crippen molar-refractivity contribution in [3.63, 3.8) is 0 Å². The minimum absolute atomic E-state index is 0.174. The molecule has 2 aliphatic heterocycles. The Morgan fingerprint density at radius 2 is 1.83 bits per heavy atom. The number of carbonyl (C=O) groups is 1. The number of para-hydroxylation sites is 1. The molecule has 0 bridgehead atoms. The maximum Gasteiger partial charge on any atom is 0.336 e. The van der Waals surface area contributed by atoms with Crippen LogP contribution in [-0.2, 0) is 13.0 Å². The van der Waals surface area contributed by atoms with Crippen LogP contribution in [0.1, 0.15) is 22.5 Å². The SMILES string of the molecule is COc1ccc(N2C(=O)N(c3c(C)cccc3Cl)Cc3cnc(Cc4ccc(N5CCN(C)CC5)cc4F)nc32)nc1. The predicted molar refractivity (Wildman–Crippen MR) is 162 cm³/mol. The normalized spacial score (nSPS) is 15.6. The monoisotopic (exact) mass is 587 g/mol. The molecule has 2 amide bonds. The van der Waals surface area contributed by atoms with E-state index in [9.17, 15) is 4.79 Å². The zero-order chi connectivity index (χ0) is 29.4. The van der Waals surface area contributed by atoms with Gasteiger partial charge in [-0.3, -0.25) is 4.90 Å². The Balaban J connectivity index is 1.34. The van der Waals surface area contributed by atoms with E-state index < -0.39 is 0 Å². The molecule has 42 heavy (non-hydrogen) atoms. The number of anilines is 4. The van der Waals surface area contributed by atoms with E-state index in [-0.39, 0.29) is 24.8 Å². The van der Waals surface area contributed by atoms with Crippen molar-refractivity contribution in [1.82, 2.24) is 19.9 Å². The Kier molecular flexibility index (Phi) is 7.66. The number of pyridine rings is 1. The lowest BCUT2D eigenvalue weighted by Gasteiger charge is -2.36. The molecule has 0 N–H and O–H groups in total. The van der Waals surface area contributed by atoms with E-state index in [2.05, 4.69) is 26.8 Å². The average Bonchev–Trinajstić information content (AvgIpc) is 2.99. The number of urea groups is 1. The van der Waals surface area contributed by atoms with E-state index in [0.717, 1.165) is 37.4 Å². The van der Waals surface area contributed by atoms with Crippen LogP contribution in [0, 0.1) is 12.7 Å². The van der Waals surface area contributed by atoms with Gasteiger partial charge in [-0.05, 0) is 55.4 Å². The summed E-state index contributed by atoms with van der Waals surface area (Å²) in [5.41, 5.74) is 3.53. The number of rotatable bonds is 6. The third-order valence-corrected chi connectivity index (χ3v) is 8.06. The van der Waals surface area contributed by atoms with Gasteiger partial charge in [0, 0.05) is 50.0 Å². The molecule has 2 aromatic heterocycles. The summed E-state index contributed by atoms with van der Waals surface area (Å²) in [6, 6.07) is 13.9. The van der Waals surface area contributed by atoms with Crippen LogP contribution in [0.4, 0.5) is 32.2 Å². The summed E-state index contributed by atoms with van der Waals surface area (Å²) in [4.78, 5) is 35.4. The van der Waals surface area contributed by atoms with Gasteiger partial charge in [0.25, 0.3) is 0 Å². The predicted octanol–water partition coefficient (Wildman–Crippen LogP) is 5.60. The molecule has 6 rings (SSSR count). The number of hydrogen-bond acceptors (Lipinski definition) is 7. The highest BCUT2D eigenvalue weighted by molar-refractivity contribution is 6.34. The van der Waals surface area contributed by atoms with Crippen LogP contribution in [-0.4, -0.2) is 66.2 Å². The molecule has 0 saturated carbocycles. The Hall–Kier alpha value is -4.28. The van der Waals surface area contributed by atoms with Gasteiger partial charge in [0.15, 0.2) is 5.82 Å². The fourth-order valence-electron chi connectivity index (χ4n) is 5.36. The molecule has 9 nitrogen and oxygen atoms in total. The molecular formula is C31H31ClFN7O2. The van der Waals surface area contributed by atoms with Crippen LogP contribution in [0.15, 0.2) is 60.9 Å². The number of methoxy groups -OCH3 is 1. The number of hydrogen-bond donors (Lipinski definition) is 0. The summed E-state index contributed by atoms with van der Waals surface area (Å²) in [6.07, 6.45) is 3.41. The van der Waals surface area contributed by atoms with Crippen molar-refractivity contribution >= 4 is 40.6 Å². The van der Waals surface area contributed by atoms with Crippen molar-refractivity contribution in [2.24, 2.45) is 0 Å². The highest BCUT2D eigenvalue weighted by Crippen LogP contribution is 2.39. The molecule has 4 aromatic rings. The molecule has 4 heterocycles. The molecule has 216 valence electrons. The second-order valence-corrected chi connectivity index (χ2v) is 11.0. The largest absolute Gasteiger partial charge is 0.495 e. The van der Waals surface area contributed by atoms with Gasteiger partial charge in [0.05, 0.1) is 30.6 Å². The fourth-order valence-corrected chi connectivity index (χ4v) is 5.68. The summed E-state index contributed by atoms with van der Waals surface area (Å²) < 4.78 is 20.6. The van der Waals surface area contributed by atoms with Crippen molar-refractivity contribution in [3.8, 4) is 5.75 Å². The van der Waals surface area contributed by atoms with Crippen LogP contribution in [0.5, 0.6) is 5.75 Å².